The first kappa shape index (κ1) is 16.6. The van der Waals surface area contributed by atoms with E-state index in [1.807, 2.05) is 18.7 Å². The molecule has 0 aliphatic heterocycles. The summed E-state index contributed by atoms with van der Waals surface area (Å²) in [5, 5.41) is 6.58. The van der Waals surface area contributed by atoms with Gasteiger partial charge in [-0.15, -0.1) is 0 Å². The highest BCUT2D eigenvalue weighted by Crippen LogP contribution is 1.97. The van der Waals surface area contributed by atoms with Crippen LogP contribution >= 0.6 is 11.8 Å². The molecule has 0 heterocycles. The van der Waals surface area contributed by atoms with E-state index in [2.05, 4.69) is 21.9 Å². The van der Waals surface area contributed by atoms with Gasteiger partial charge in [0.1, 0.15) is 0 Å². The summed E-state index contributed by atoms with van der Waals surface area (Å²) in [6.45, 7) is 5.52. The maximum atomic E-state index is 5.27. The third-order valence-corrected chi connectivity index (χ3v) is 2.95. The molecular weight excluding hydrogens is 234 g/mol. The first-order chi connectivity index (χ1) is 8.35. The van der Waals surface area contributed by atoms with Crippen molar-refractivity contribution in [2.45, 2.75) is 26.2 Å². The van der Waals surface area contributed by atoms with Crippen LogP contribution < -0.4 is 10.6 Å². The van der Waals surface area contributed by atoms with E-state index in [9.17, 15) is 0 Å². The molecule has 102 valence electrons. The Morgan fingerprint density at radius 1 is 1.18 bits per heavy atom. The van der Waals surface area contributed by atoms with Gasteiger partial charge in [0.25, 0.3) is 0 Å². The first-order valence-corrected chi connectivity index (χ1v) is 7.75. The van der Waals surface area contributed by atoms with Crippen LogP contribution in [0.4, 0.5) is 0 Å². The topological polar surface area (TPSA) is 45.6 Å². The summed E-state index contributed by atoms with van der Waals surface area (Å²) < 4.78 is 5.27. The monoisotopic (exact) mass is 261 g/mol. The van der Waals surface area contributed by atoms with Crippen LogP contribution in [0.5, 0.6) is 0 Å². The van der Waals surface area contributed by atoms with Gasteiger partial charge in [-0.1, -0.05) is 0 Å². The SMILES string of the molecule is CCOCCCNC(=NC)NCCCCSC. The highest BCUT2D eigenvalue weighted by Gasteiger charge is 1.96. The molecule has 0 aromatic carbocycles. The molecule has 0 saturated heterocycles. The Morgan fingerprint density at radius 2 is 1.88 bits per heavy atom. The third-order valence-electron chi connectivity index (χ3n) is 2.25. The Hall–Kier alpha value is -0.420. The molecule has 0 aromatic heterocycles. The molecule has 0 saturated carbocycles. The summed E-state index contributed by atoms with van der Waals surface area (Å²) in [4.78, 5) is 4.17. The summed E-state index contributed by atoms with van der Waals surface area (Å²) >= 11 is 1.90. The number of hydrogen-bond acceptors (Lipinski definition) is 3. The summed E-state index contributed by atoms with van der Waals surface area (Å²) in [6.07, 6.45) is 5.61. The second-order valence-electron chi connectivity index (χ2n) is 3.68. The van der Waals surface area contributed by atoms with Crippen LogP contribution in [0, 0.1) is 0 Å². The van der Waals surface area contributed by atoms with E-state index in [-0.39, 0.29) is 0 Å². The van der Waals surface area contributed by atoms with Crippen molar-refractivity contribution in [3.63, 3.8) is 0 Å². The van der Waals surface area contributed by atoms with E-state index >= 15 is 0 Å². The van der Waals surface area contributed by atoms with Gasteiger partial charge in [0.15, 0.2) is 5.96 Å². The lowest BCUT2D eigenvalue weighted by atomic mass is 10.3. The zero-order chi connectivity index (χ0) is 12.8. The van der Waals surface area contributed by atoms with Crippen molar-refractivity contribution in [3.8, 4) is 0 Å². The number of thioether (sulfide) groups is 1. The third kappa shape index (κ3) is 11.8. The van der Waals surface area contributed by atoms with Crippen LogP contribution in [-0.4, -0.2) is 51.3 Å². The van der Waals surface area contributed by atoms with Gasteiger partial charge in [0, 0.05) is 33.4 Å². The van der Waals surface area contributed by atoms with E-state index in [0.717, 1.165) is 38.7 Å². The molecule has 0 fully saturated rings. The van der Waals surface area contributed by atoms with Gasteiger partial charge in [-0.3, -0.25) is 4.99 Å². The Bertz CT molecular complexity index is 173. The summed E-state index contributed by atoms with van der Waals surface area (Å²) in [5.74, 6) is 2.13. The first-order valence-electron chi connectivity index (χ1n) is 6.36. The van der Waals surface area contributed by atoms with Gasteiger partial charge < -0.3 is 15.4 Å². The molecule has 17 heavy (non-hydrogen) atoms. The lowest BCUT2D eigenvalue weighted by Gasteiger charge is -2.11. The largest absolute Gasteiger partial charge is 0.382 e. The molecule has 0 bridgehead atoms. The molecule has 0 aliphatic rings. The quantitative estimate of drug-likeness (QED) is 0.357. The van der Waals surface area contributed by atoms with Crippen LogP contribution in [0.2, 0.25) is 0 Å². The van der Waals surface area contributed by atoms with E-state index in [1.165, 1.54) is 18.6 Å². The second-order valence-corrected chi connectivity index (χ2v) is 4.66. The van der Waals surface area contributed by atoms with Gasteiger partial charge >= 0.3 is 0 Å². The van der Waals surface area contributed by atoms with Crippen LogP contribution in [0.1, 0.15) is 26.2 Å². The van der Waals surface area contributed by atoms with Crippen LogP contribution in [-0.2, 0) is 4.74 Å². The lowest BCUT2D eigenvalue weighted by molar-refractivity contribution is 0.145. The molecule has 0 aromatic rings. The highest BCUT2D eigenvalue weighted by atomic mass is 32.2. The number of ether oxygens (including phenoxy) is 1. The van der Waals surface area contributed by atoms with E-state index in [4.69, 9.17) is 4.74 Å². The molecule has 4 nitrogen and oxygen atoms in total. The normalized spacial score (nSPS) is 11.6. The zero-order valence-electron chi connectivity index (χ0n) is 11.4. The van der Waals surface area contributed by atoms with Crippen LogP contribution in [0.25, 0.3) is 0 Å². The van der Waals surface area contributed by atoms with Gasteiger partial charge in [0.2, 0.25) is 0 Å². The van der Waals surface area contributed by atoms with Gasteiger partial charge in [-0.25, -0.2) is 0 Å². The second kappa shape index (κ2) is 13.6. The minimum absolute atomic E-state index is 0.794. The molecule has 0 spiro atoms. The van der Waals surface area contributed by atoms with E-state index in [1.54, 1.807) is 7.05 Å². The number of nitrogens with one attached hydrogen (secondary N) is 2. The smallest absolute Gasteiger partial charge is 0.190 e. The standard InChI is InChI=1S/C12H27N3OS/c1-4-16-10-7-9-15-12(13-2)14-8-5-6-11-17-3/h4-11H2,1-3H3,(H2,13,14,15). The van der Waals surface area contributed by atoms with E-state index < -0.39 is 0 Å². The zero-order valence-corrected chi connectivity index (χ0v) is 12.2. The van der Waals surface area contributed by atoms with Gasteiger partial charge in [-0.05, 0) is 38.2 Å². The number of nitrogens with zero attached hydrogens (tertiary/aromatic N) is 1. The van der Waals surface area contributed by atoms with Crippen molar-refractivity contribution >= 4 is 17.7 Å². The highest BCUT2D eigenvalue weighted by molar-refractivity contribution is 7.98. The molecule has 0 amide bonds. The molecular formula is C12H27N3OS. The number of guanidine groups is 1. The Balaban J connectivity index is 3.37. The van der Waals surface area contributed by atoms with Crippen molar-refractivity contribution in [1.82, 2.24) is 10.6 Å². The van der Waals surface area contributed by atoms with Crippen molar-refractivity contribution < 1.29 is 4.74 Å². The molecule has 0 radical (unpaired) electrons. The van der Waals surface area contributed by atoms with Crippen molar-refractivity contribution in [2.24, 2.45) is 4.99 Å². The molecule has 2 N–H and O–H groups in total. The Labute approximate surface area is 110 Å². The van der Waals surface area contributed by atoms with Gasteiger partial charge in [-0.2, -0.15) is 11.8 Å². The fourth-order valence-corrected chi connectivity index (χ4v) is 1.82. The van der Waals surface area contributed by atoms with Crippen molar-refractivity contribution in [1.29, 1.82) is 0 Å². The number of aliphatic imine (C=N–C) groups is 1. The number of hydrogen-bond donors (Lipinski definition) is 2. The van der Waals surface area contributed by atoms with Crippen LogP contribution in [0.15, 0.2) is 4.99 Å². The average molecular weight is 261 g/mol. The summed E-state index contributed by atoms with van der Waals surface area (Å²) in [6, 6.07) is 0. The Morgan fingerprint density at radius 3 is 2.47 bits per heavy atom. The minimum atomic E-state index is 0.794. The molecule has 0 atom stereocenters. The predicted molar refractivity (Wildman–Crippen MR) is 78.1 cm³/mol. The minimum Gasteiger partial charge on any atom is -0.382 e. The maximum Gasteiger partial charge on any atom is 0.190 e. The van der Waals surface area contributed by atoms with Gasteiger partial charge in [0.05, 0.1) is 0 Å². The summed E-state index contributed by atoms with van der Waals surface area (Å²) in [7, 11) is 1.81. The molecule has 0 rings (SSSR count). The summed E-state index contributed by atoms with van der Waals surface area (Å²) in [5.41, 5.74) is 0. The maximum absolute atomic E-state index is 5.27. The number of rotatable bonds is 10. The fraction of sp³-hybridized carbons (Fsp3) is 0.917. The predicted octanol–water partition coefficient (Wildman–Crippen LogP) is 1.72. The molecule has 5 heteroatoms. The van der Waals surface area contributed by atoms with Crippen molar-refractivity contribution in [3.05, 3.63) is 0 Å². The average Bonchev–Trinajstić information content (AvgIpc) is 2.36. The molecule has 0 unspecified atom stereocenters. The lowest BCUT2D eigenvalue weighted by Crippen LogP contribution is -2.38. The van der Waals surface area contributed by atoms with Crippen molar-refractivity contribution in [2.75, 3.05) is 45.4 Å². The Kier molecular flexibility index (Phi) is 13.3. The molecule has 0 aliphatic carbocycles. The fourth-order valence-electron chi connectivity index (χ4n) is 1.32. The van der Waals surface area contributed by atoms with Crippen LogP contribution in [0.3, 0.4) is 0 Å². The number of unbranched alkanes of at least 4 members (excludes halogenated alkanes) is 1. The van der Waals surface area contributed by atoms with E-state index in [0.29, 0.717) is 0 Å².